The second-order valence-electron chi connectivity index (χ2n) is 7.43. The molecule has 0 unspecified atom stereocenters. The lowest BCUT2D eigenvalue weighted by molar-refractivity contribution is 0.168. The number of piperazine rings is 1. The zero-order valence-electron chi connectivity index (χ0n) is 16.7. The van der Waals surface area contributed by atoms with Gasteiger partial charge in [0.25, 0.3) is 0 Å². The van der Waals surface area contributed by atoms with Crippen molar-refractivity contribution in [2.45, 2.75) is 25.3 Å². The second-order valence-corrected chi connectivity index (χ2v) is 9.34. The number of oxazole rings is 1. The third kappa shape index (κ3) is 4.27. The highest BCUT2D eigenvalue weighted by Gasteiger charge is 2.30. The van der Waals surface area contributed by atoms with Gasteiger partial charge in [0.05, 0.1) is 17.6 Å². The maximum Gasteiger partial charge on any atom is 0.243 e. The van der Waals surface area contributed by atoms with E-state index in [4.69, 9.17) is 4.42 Å². The molecule has 152 valence electrons. The topological polar surface area (TPSA) is 66.7 Å². The fourth-order valence-electron chi connectivity index (χ4n) is 3.56. The Labute approximate surface area is 171 Å². The first-order valence-corrected chi connectivity index (χ1v) is 11.2. The summed E-state index contributed by atoms with van der Waals surface area (Å²) in [4.78, 5) is 6.97. The van der Waals surface area contributed by atoms with Crippen LogP contribution in [0.15, 0.2) is 64.0 Å². The standard InChI is InChI=1S/C22H25N3O3S/c1-17-8-9-18(2)21(14-17)29(26,27)25-12-10-24(11-13-25)16-22-23-15-20(28-22)19-6-4-3-5-7-19/h3-9,14-15H,10-13,16H2,1-2H3. The van der Waals surface area contributed by atoms with Crippen molar-refractivity contribution in [3.05, 3.63) is 71.7 Å². The number of hydrogen-bond donors (Lipinski definition) is 0. The minimum absolute atomic E-state index is 0.408. The van der Waals surface area contributed by atoms with Crippen LogP contribution in [-0.4, -0.2) is 48.8 Å². The van der Waals surface area contributed by atoms with Crippen LogP contribution in [0.4, 0.5) is 0 Å². The van der Waals surface area contributed by atoms with Crippen LogP contribution < -0.4 is 0 Å². The summed E-state index contributed by atoms with van der Waals surface area (Å²) in [5.74, 6) is 1.39. The van der Waals surface area contributed by atoms with Gasteiger partial charge in [-0.25, -0.2) is 13.4 Å². The molecule has 0 N–H and O–H groups in total. The van der Waals surface area contributed by atoms with Crippen LogP contribution in [-0.2, 0) is 16.6 Å². The van der Waals surface area contributed by atoms with E-state index in [1.807, 2.05) is 56.3 Å². The summed E-state index contributed by atoms with van der Waals surface area (Å²) in [6.07, 6.45) is 1.74. The molecular formula is C22H25N3O3S. The molecule has 0 bridgehead atoms. The summed E-state index contributed by atoms with van der Waals surface area (Å²) in [6.45, 7) is 6.54. The van der Waals surface area contributed by atoms with Crippen LogP contribution in [0.3, 0.4) is 0 Å². The molecule has 0 aliphatic carbocycles. The Bertz CT molecular complexity index is 1090. The van der Waals surface area contributed by atoms with E-state index < -0.39 is 10.0 Å². The van der Waals surface area contributed by atoms with E-state index in [1.54, 1.807) is 16.6 Å². The lowest BCUT2D eigenvalue weighted by atomic mass is 10.2. The first-order chi connectivity index (χ1) is 13.9. The van der Waals surface area contributed by atoms with Crippen LogP contribution in [0.25, 0.3) is 11.3 Å². The fourth-order valence-corrected chi connectivity index (χ4v) is 5.29. The van der Waals surface area contributed by atoms with E-state index in [2.05, 4.69) is 9.88 Å². The van der Waals surface area contributed by atoms with Gasteiger partial charge in [-0.2, -0.15) is 4.31 Å². The first kappa shape index (κ1) is 19.8. The monoisotopic (exact) mass is 411 g/mol. The van der Waals surface area contributed by atoms with E-state index in [0.717, 1.165) is 22.5 Å². The SMILES string of the molecule is Cc1ccc(C)c(S(=O)(=O)N2CCN(Cc3ncc(-c4ccccc4)o3)CC2)c1. The number of nitrogens with zero attached hydrogens (tertiary/aromatic N) is 3. The van der Waals surface area contributed by atoms with Crippen LogP contribution >= 0.6 is 0 Å². The predicted molar refractivity (Wildman–Crippen MR) is 112 cm³/mol. The molecule has 6 nitrogen and oxygen atoms in total. The van der Waals surface area contributed by atoms with Gasteiger partial charge < -0.3 is 4.42 Å². The van der Waals surface area contributed by atoms with E-state index in [1.165, 1.54) is 0 Å². The van der Waals surface area contributed by atoms with Crippen molar-refractivity contribution in [1.29, 1.82) is 0 Å². The molecule has 0 saturated carbocycles. The van der Waals surface area contributed by atoms with Gasteiger partial charge in [0.1, 0.15) is 0 Å². The molecule has 1 aliphatic rings. The lowest BCUT2D eigenvalue weighted by Crippen LogP contribution is -2.48. The molecule has 4 rings (SSSR count). The summed E-state index contributed by atoms with van der Waals surface area (Å²) in [5.41, 5.74) is 2.73. The van der Waals surface area contributed by atoms with Crippen molar-refractivity contribution in [3.63, 3.8) is 0 Å². The molecule has 7 heteroatoms. The van der Waals surface area contributed by atoms with Crippen LogP contribution in [0.2, 0.25) is 0 Å². The number of hydrogen-bond acceptors (Lipinski definition) is 5. The van der Waals surface area contributed by atoms with Gasteiger partial charge in [-0.1, -0.05) is 42.5 Å². The summed E-state index contributed by atoms with van der Waals surface area (Å²) in [5, 5.41) is 0. The third-order valence-corrected chi connectivity index (χ3v) is 7.30. The highest BCUT2D eigenvalue weighted by Crippen LogP contribution is 2.24. The largest absolute Gasteiger partial charge is 0.439 e. The quantitative estimate of drug-likeness (QED) is 0.643. The van der Waals surface area contributed by atoms with Gasteiger partial charge in [0.15, 0.2) is 5.76 Å². The third-order valence-electron chi connectivity index (χ3n) is 5.26. The van der Waals surface area contributed by atoms with Crippen LogP contribution in [0, 0.1) is 13.8 Å². The minimum Gasteiger partial charge on any atom is -0.439 e. The number of rotatable bonds is 5. The van der Waals surface area contributed by atoms with Gasteiger partial charge in [0.2, 0.25) is 15.9 Å². The molecule has 1 saturated heterocycles. The summed E-state index contributed by atoms with van der Waals surface area (Å²) in [6, 6.07) is 15.4. The highest BCUT2D eigenvalue weighted by atomic mass is 32.2. The average molecular weight is 412 g/mol. The second kappa shape index (κ2) is 8.10. The zero-order chi connectivity index (χ0) is 20.4. The Morgan fingerprint density at radius 3 is 2.45 bits per heavy atom. The van der Waals surface area contributed by atoms with Gasteiger partial charge in [-0.3, -0.25) is 4.90 Å². The van der Waals surface area contributed by atoms with Crippen LogP contribution in [0.5, 0.6) is 0 Å². The Morgan fingerprint density at radius 2 is 1.72 bits per heavy atom. The maximum atomic E-state index is 13.1. The van der Waals surface area contributed by atoms with Crippen molar-refractivity contribution in [3.8, 4) is 11.3 Å². The Hall–Kier alpha value is -2.48. The number of benzene rings is 2. The van der Waals surface area contributed by atoms with Gasteiger partial charge >= 0.3 is 0 Å². The van der Waals surface area contributed by atoms with Gasteiger partial charge in [-0.05, 0) is 31.0 Å². The highest BCUT2D eigenvalue weighted by molar-refractivity contribution is 7.89. The minimum atomic E-state index is -3.48. The molecule has 1 fully saturated rings. The van der Waals surface area contributed by atoms with Gasteiger partial charge in [-0.15, -0.1) is 0 Å². The molecule has 1 aliphatic heterocycles. The molecule has 29 heavy (non-hydrogen) atoms. The predicted octanol–water partition coefficient (Wildman–Crippen LogP) is 3.46. The fraction of sp³-hybridized carbons (Fsp3) is 0.318. The molecule has 0 amide bonds. The summed E-state index contributed by atoms with van der Waals surface area (Å²) >= 11 is 0. The van der Waals surface area contributed by atoms with Crippen molar-refractivity contribution >= 4 is 10.0 Å². The molecular weight excluding hydrogens is 386 g/mol. The molecule has 0 atom stereocenters. The molecule has 3 aromatic rings. The molecule has 2 aromatic carbocycles. The number of aryl methyl sites for hydroxylation is 2. The Balaban J connectivity index is 1.40. The average Bonchev–Trinajstić information content (AvgIpc) is 3.19. The van der Waals surface area contributed by atoms with Crippen molar-refractivity contribution < 1.29 is 12.8 Å². The summed E-state index contributed by atoms with van der Waals surface area (Å²) in [7, 11) is -3.48. The first-order valence-electron chi connectivity index (χ1n) is 9.73. The van der Waals surface area contributed by atoms with Crippen molar-refractivity contribution in [1.82, 2.24) is 14.2 Å². The smallest absolute Gasteiger partial charge is 0.243 e. The van der Waals surface area contributed by atoms with E-state index in [9.17, 15) is 8.42 Å². The number of sulfonamides is 1. The summed E-state index contributed by atoms with van der Waals surface area (Å²) < 4.78 is 33.6. The zero-order valence-corrected chi connectivity index (χ0v) is 17.5. The van der Waals surface area contributed by atoms with Gasteiger partial charge in [0, 0.05) is 31.7 Å². The van der Waals surface area contributed by atoms with Crippen molar-refractivity contribution in [2.75, 3.05) is 26.2 Å². The van der Waals surface area contributed by atoms with E-state index in [-0.39, 0.29) is 0 Å². The molecule has 1 aromatic heterocycles. The van der Waals surface area contributed by atoms with E-state index >= 15 is 0 Å². The number of aromatic nitrogens is 1. The van der Waals surface area contributed by atoms with Crippen molar-refractivity contribution in [2.24, 2.45) is 0 Å². The Morgan fingerprint density at radius 1 is 1.00 bits per heavy atom. The maximum absolute atomic E-state index is 13.1. The molecule has 0 radical (unpaired) electrons. The molecule has 0 spiro atoms. The Kier molecular flexibility index (Phi) is 5.54. The van der Waals surface area contributed by atoms with Crippen LogP contribution in [0.1, 0.15) is 17.0 Å². The normalized spacial score (nSPS) is 16.2. The molecule has 2 heterocycles. The lowest BCUT2D eigenvalue weighted by Gasteiger charge is -2.33. The van der Waals surface area contributed by atoms with E-state index in [0.29, 0.717) is 43.5 Å².